The van der Waals surface area contributed by atoms with E-state index in [0.717, 1.165) is 23.4 Å². The van der Waals surface area contributed by atoms with Crippen LogP contribution in [0.4, 0.5) is 0 Å². The van der Waals surface area contributed by atoms with Crippen LogP contribution >= 0.6 is 31.9 Å². The number of nitrogens with one attached hydrogen (secondary N) is 1. The van der Waals surface area contributed by atoms with E-state index in [-0.39, 0.29) is 15.2 Å². The van der Waals surface area contributed by atoms with E-state index >= 15 is 0 Å². The summed E-state index contributed by atoms with van der Waals surface area (Å²) in [7, 11) is 0. The summed E-state index contributed by atoms with van der Waals surface area (Å²) in [4.78, 5) is 12.2. The van der Waals surface area contributed by atoms with Crippen LogP contribution in [0.2, 0.25) is 0 Å². The Balaban J connectivity index is 1.99. The van der Waals surface area contributed by atoms with Gasteiger partial charge in [-0.3, -0.25) is 4.79 Å². The number of nitrogens with zero attached hydrogens (tertiary/aromatic N) is 1. The van der Waals surface area contributed by atoms with Gasteiger partial charge in [0.25, 0.3) is 0 Å². The lowest BCUT2D eigenvalue weighted by molar-refractivity contribution is -0.125. The van der Waals surface area contributed by atoms with Crippen molar-refractivity contribution in [3.8, 4) is 5.75 Å². The molecule has 1 aliphatic rings. The third-order valence-electron chi connectivity index (χ3n) is 3.73. The molecule has 0 bridgehead atoms. The Labute approximate surface area is 148 Å². The normalized spacial score (nSPS) is 23.3. The SMILES string of the molecule is C/C(=N/NC(=O)[C@]1(C)CC1(Br)Br)c1ccc(OC(C)C)cc1. The van der Waals surface area contributed by atoms with Crippen molar-refractivity contribution in [2.75, 3.05) is 0 Å². The predicted octanol–water partition coefficient (Wildman–Crippen LogP) is 4.21. The van der Waals surface area contributed by atoms with Gasteiger partial charge in [0.1, 0.15) is 5.75 Å². The van der Waals surface area contributed by atoms with Gasteiger partial charge < -0.3 is 4.74 Å². The topological polar surface area (TPSA) is 50.7 Å². The summed E-state index contributed by atoms with van der Waals surface area (Å²) < 4.78 is 5.29. The smallest absolute Gasteiger partial charge is 0.248 e. The molecule has 1 aliphatic carbocycles. The molecule has 2 rings (SSSR count). The van der Waals surface area contributed by atoms with Crippen molar-refractivity contribution in [2.24, 2.45) is 10.5 Å². The fourth-order valence-corrected chi connectivity index (χ4v) is 3.50. The molecule has 0 spiro atoms. The maximum atomic E-state index is 12.2. The summed E-state index contributed by atoms with van der Waals surface area (Å²) >= 11 is 6.96. The molecular formula is C16H20Br2N2O2. The average molecular weight is 432 g/mol. The summed E-state index contributed by atoms with van der Waals surface area (Å²) in [5, 5.41) is 4.19. The van der Waals surface area contributed by atoms with Gasteiger partial charge in [0.15, 0.2) is 0 Å². The minimum absolute atomic E-state index is 0.0969. The zero-order valence-electron chi connectivity index (χ0n) is 13.1. The molecule has 1 aromatic carbocycles. The van der Waals surface area contributed by atoms with Gasteiger partial charge in [-0.05, 0) is 63.9 Å². The molecule has 0 unspecified atom stereocenters. The van der Waals surface area contributed by atoms with Crippen molar-refractivity contribution < 1.29 is 9.53 Å². The molecule has 1 atom stereocenters. The van der Waals surface area contributed by atoms with Gasteiger partial charge in [-0.25, -0.2) is 5.43 Å². The fourth-order valence-electron chi connectivity index (χ4n) is 2.02. The predicted molar refractivity (Wildman–Crippen MR) is 95.9 cm³/mol. The van der Waals surface area contributed by atoms with E-state index in [0.29, 0.717) is 0 Å². The van der Waals surface area contributed by atoms with E-state index in [2.05, 4.69) is 42.4 Å². The van der Waals surface area contributed by atoms with Gasteiger partial charge in [-0.2, -0.15) is 5.10 Å². The number of carbonyl (C=O) groups is 1. The van der Waals surface area contributed by atoms with Crippen LogP contribution in [0.3, 0.4) is 0 Å². The van der Waals surface area contributed by atoms with E-state index in [1.807, 2.05) is 52.0 Å². The Morgan fingerprint density at radius 1 is 1.32 bits per heavy atom. The molecule has 0 aliphatic heterocycles. The second kappa shape index (κ2) is 6.32. The Morgan fingerprint density at radius 2 is 1.86 bits per heavy atom. The van der Waals surface area contributed by atoms with Crippen LogP contribution in [0, 0.1) is 5.41 Å². The summed E-state index contributed by atoms with van der Waals surface area (Å²) in [6.07, 6.45) is 0.884. The van der Waals surface area contributed by atoms with E-state index in [1.165, 1.54) is 0 Å². The molecule has 1 fully saturated rings. The number of hydrogen-bond acceptors (Lipinski definition) is 3. The molecule has 1 saturated carbocycles. The lowest BCUT2D eigenvalue weighted by atomic mass is 10.1. The van der Waals surface area contributed by atoms with Gasteiger partial charge in [-0.15, -0.1) is 0 Å². The molecule has 1 amide bonds. The second-order valence-corrected chi connectivity index (χ2v) is 9.81. The molecule has 120 valence electrons. The van der Waals surface area contributed by atoms with Crippen molar-refractivity contribution in [1.29, 1.82) is 0 Å². The largest absolute Gasteiger partial charge is 0.491 e. The van der Waals surface area contributed by atoms with Crippen molar-refractivity contribution >= 4 is 43.5 Å². The zero-order valence-corrected chi connectivity index (χ0v) is 16.3. The zero-order chi connectivity index (χ0) is 16.5. The summed E-state index contributed by atoms with van der Waals surface area (Å²) in [5.41, 5.74) is 3.88. The minimum atomic E-state index is -0.467. The van der Waals surface area contributed by atoms with Crippen LogP contribution in [-0.2, 0) is 4.79 Å². The minimum Gasteiger partial charge on any atom is -0.491 e. The van der Waals surface area contributed by atoms with Crippen LogP contribution in [0.25, 0.3) is 0 Å². The first-order chi connectivity index (χ1) is 10.2. The maximum absolute atomic E-state index is 12.2. The molecule has 0 aromatic heterocycles. The molecule has 6 heteroatoms. The molecule has 1 aromatic rings. The summed E-state index contributed by atoms with van der Waals surface area (Å²) in [6.45, 7) is 7.74. The first-order valence-electron chi connectivity index (χ1n) is 7.15. The van der Waals surface area contributed by atoms with E-state index < -0.39 is 5.41 Å². The third-order valence-corrected chi connectivity index (χ3v) is 6.04. The van der Waals surface area contributed by atoms with Crippen molar-refractivity contribution in [3.05, 3.63) is 29.8 Å². The molecule has 0 saturated heterocycles. The Bertz CT molecular complexity index is 597. The van der Waals surface area contributed by atoms with Gasteiger partial charge in [0.2, 0.25) is 5.91 Å². The summed E-state index contributed by atoms with van der Waals surface area (Å²) in [5.74, 6) is 0.727. The summed E-state index contributed by atoms with van der Waals surface area (Å²) in [6, 6.07) is 7.67. The van der Waals surface area contributed by atoms with E-state index in [1.54, 1.807) is 0 Å². The van der Waals surface area contributed by atoms with Crippen molar-refractivity contribution in [2.45, 2.75) is 43.5 Å². The molecule has 0 radical (unpaired) electrons. The highest BCUT2D eigenvalue weighted by Gasteiger charge is 2.66. The number of carbonyl (C=O) groups excluding carboxylic acids is 1. The van der Waals surface area contributed by atoms with Crippen LogP contribution in [0.1, 0.15) is 39.7 Å². The fraction of sp³-hybridized carbons (Fsp3) is 0.500. The van der Waals surface area contributed by atoms with Crippen LogP contribution in [0.15, 0.2) is 29.4 Å². The lowest BCUT2D eigenvalue weighted by Crippen LogP contribution is -2.30. The Kier molecular flexibility index (Phi) is 5.02. The van der Waals surface area contributed by atoms with Crippen molar-refractivity contribution in [3.63, 3.8) is 0 Å². The third kappa shape index (κ3) is 3.71. The van der Waals surface area contributed by atoms with Gasteiger partial charge in [-0.1, -0.05) is 31.9 Å². The lowest BCUT2D eigenvalue weighted by Gasteiger charge is -2.11. The molecule has 1 N–H and O–H groups in total. The van der Waals surface area contributed by atoms with Crippen LogP contribution < -0.4 is 10.2 Å². The van der Waals surface area contributed by atoms with Gasteiger partial charge in [0, 0.05) is 0 Å². The number of alkyl halides is 2. The number of rotatable bonds is 5. The number of halogens is 2. The quantitative estimate of drug-likeness (QED) is 0.431. The molecule has 0 heterocycles. The first kappa shape index (κ1) is 17.5. The van der Waals surface area contributed by atoms with Gasteiger partial charge in [0.05, 0.1) is 20.5 Å². The Morgan fingerprint density at radius 3 is 2.32 bits per heavy atom. The number of benzene rings is 1. The highest BCUT2D eigenvalue weighted by atomic mass is 79.9. The Hall–Kier alpha value is -0.880. The highest BCUT2D eigenvalue weighted by Crippen LogP contribution is 2.66. The van der Waals surface area contributed by atoms with E-state index in [9.17, 15) is 4.79 Å². The van der Waals surface area contributed by atoms with Gasteiger partial charge >= 0.3 is 0 Å². The monoisotopic (exact) mass is 430 g/mol. The van der Waals surface area contributed by atoms with Crippen LogP contribution in [0.5, 0.6) is 5.75 Å². The number of hydrazone groups is 1. The molecule has 4 nitrogen and oxygen atoms in total. The number of hydrogen-bond donors (Lipinski definition) is 1. The van der Waals surface area contributed by atoms with Crippen molar-refractivity contribution in [1.82, 2.24) is 5.43 Å². The highest BCUT2D eigenvalue weighted by molar-refractivity contribution is 9.25. The first-order valence-corrected chi connectivity index (χ1v) is 8.74. The van der Waals surface area contributed by atoms with Crippen LogP contribution in [-0.4, -0.2) is 21.0 Å². The standard InChI is InChI=1S/C16H20Br2N2O2/c1-10(2)22-13-7-5-12(6-8-13)11(3)19-20-14(21)15(4)9-16(15,17)18/h5-8,10H,9H2,1-4H3,(H,20,21)/b19-11-/t15-/m0/s1. The average Bonchev–Trinajstić information content (AvgIpc) is 2.96. The molecule has 22 heavy (non-hydrogen) atoms. The maximum Gasteiger partial charge on any atom is 0.248 e. The van der Waals surface area contributed by atoms with E-state index in [4.69, 9.17) is 4.74 Å². The number of amides is 1. The number of ether oxygens (including phenoxy) is 1. The second-order valence-electron chi connectivity index (χ2n) is 6.04. The molecular weight excluding hydrogens is 412 g/mol.